The normalized spacial score (nSPS) is 16.0. The molecular formula is C34H30N2O6S. The van der Waals surface area contributed by atoms with E-state index >= 15 is 0 Å². The van der Waals surface area contributed by atoms with Crippen LogP contribution in [0.5, 0.6) is 11.5 Å². The molecule has 0 spiro atoms. The molecule has 8 nitrogen and oxygen atoms in total. The van der Waals surface area contributed by atoms with Crippen molar-refractivity contribution >= 4 is 40.6 Å². The van der Waals surface area contributed by atoms with Crippen LogP contribution < -0.4 is 9.47 Å². The van der Waals surface area contributed by atoms with E-state index in [-0.39, 0.29) is 0 Å². The van der Waals surface area contributed by atoms with Crippen LogP contribution in [0.2, 0.25) is 0 Å². The highest BCUT2D eigenvalue weighted by molar-refractivity contribution is 7.00. The van der Waals surface area contributed by atoms with E-state index in [1.54, 1.807) is 30.3 Å². The van der Waals surface area contributed by atoms with E-state index in [1.165, 1.54) is 19.8 Å². The van der Waals surface area contributed by atoms with Gasteiger partial charge in [-0.1, -0.05) is 65.7 Å². The van der Waals surface area contributed by atoms with Gasteiger partial charge in [-0.05, 0) is 55.3 Å². The number of aldehydes is 1. The first-order chi connectivity index (χ1) is 20.7. The van der Waals surface area contributed by atoms with E-state index in [0.717, 1.165) is 40.2 Å². The molecule has 0 fully saturated rings. The molecule has 218 valence electrons. The fourth-order valence-electron chi connectivity index (χ4n) is 4.81. The van der Waals surface area contributed by atoms with Crippen LogP contribution in [0.1, 0.15) is 38.2 Å². The molecule has 1 aliphatic heterocycles. The summed E-state index contributed by atoms with van der Waals surface area (Å²) in [5, 5.41) is 11.9. The van der Waals surface area contributed by atoms with Crippen LogP contribution in [-0.4, -0.2) is 40.3 Å². The van der Waals surface area contributed by atoms with Crippen molar-refractivity contribution in [3.05, 3.63) is 124 Å². The highest BCUT2D eigenvalue weighted by Crippen LogP contribution is 2.46. The molecule has 9 heteroatoms. The smallest absolute Gasteiger partial charge is 0.342 e. The number of benzene rings is 4. The Labute approximate surface area is 253 Å². The zero-order chi connectivity index (χ0) is 30.6. The molecule has 6 rings (SSSR count). The van der Waals surface area contributed by atoms with Gasteiger partial charge >= 0.3 is 5.97 Å². The molecule has 1 unspecified atom stereocenters. The molecule has 1 aromatic heterocycles. The van der Waals surface area contributed by atoms with E-state index < -0.39 is 11.8 Å². The Bertz CT molecular complexity index is 1810. The summed E-state index contributed by atoms with van der Waals surface area (Å²) >= 11 is 1.11. The van der Waals surface area contributed by atoms with Crippen molar-refractivity contribution in [2.24, 2.45) is 0 Å². The number of carbonyl (C=O) groups is 2. The Balaban J connectivity index is 0.000000351. The minimum absolute atomic E-state index is 0.305. The summed E-state index contributed by atoms with van der Waals surface area (Å²) in [7, 11) is 3.05. The molecule has 0 bridgehead atoms. The summed E-state index contributed by atoms with van der Waals surface area (Å²) in [5.41, 5.74) is 7.14. The van der Waals surface area contributed by atoms with Crippen molar-refractivity contribution in [1.29, 1.82) is 0 Å². The molecule has 0 amide bonds. The van der Waals surface area contributed by atoms with Gasteiger partial charge in [-0.2, -0.15) is 8.75 Å². The minimum atomic E-state index is -1.98. The number of cyclic esters (lactones) is 1. The van der Waals surface area contributed by atoms with Crippen molar-refractivity contribution in [2.75, 3.05) is 14.2 Å². The molecule has 0 aliphatic carbocycles. The number of hydrogen-bond acceptors (Lipinski definition) is 9. The number of esters is 1. The van der Waals surface area contributed by atoms with Gasteiger partial charge < -0.3 is 19.3 Å². The van der Waals surface area contributed by atoms with Crippen LogP contribution in [0.15, 0.2) is 90.5 Å². The maximum absolute atomic E-state index is 13.2. The number of aryl methyl sites for hydroxylation is 2. The predicted molar refractivity (Wildman–Crippen MR) is 165 cm³/mol. The van der Waals surface area contributed by atoms with Crippen molar-refractivity contribution < 1.29 is 28.9 Å². The van der Waals surface area contributed by atoms with Gasteiger partial charge in [0.15, 0.2) is 11.5 Å². The molecule has 2 heterocycles. The number of aliphatic hydroxyl groups is 1. The Morgan fingerprint density at radius 2 is 1.49 bits per heavy atom. The molecule has 4 aromatic carbocycles. The lowest BCUT2D eigenvalue weighted by atomic mass is 9.87. The van der Waals surface area contributed by atoms with Gasteiger partial charge in [0.1, 0.15) is 17.3 Å². The highest BCUT2D eigenvalue weighted by atomic mass is 32.1. The zero-order valence-corrected chi connectivity index (χ0v) is 25.0. The van der Waals surface area contributed by atoms with Crippen molar-refractivity contribution in [2.45, 2.75) is 26.1 Å². The van der Waals surface area contributed by atoms with Crippen LogP contribution in [0.4, 0.5) is 0 Å². The Hall–Kier alpha value is -4.86. The second-order valence-electron chi connectivity index (χ2n) is 10.1. The van der Waals surface area contributed by atoms with Gasteiger partial charge in [0.25, 0.3) is 5.79 Å². The van der Waals surface area contributed by atoms with Crippen LogP contribution in [0, 0.1) is 13.8 Å². The van der Waals surface area contributed by atoms with E-state index in [9.17, 15) is 14.7 Å². The van der Waals surface area contributed by atoms with Gasteiger partial charge in [-0.15, -0.1) is 0 Å². The summed E-state index contributed by atoms with van der Waals surface area (Å²) in [6, 6.07) is 25.8. The third kappa shape index (κ3) is 6.18. The quantitative estimate of drug-likeness (QED) is 0.175. The number of ether oxygens (including phenoxy) is 3. The van der Waals surface area contributed by atoms with E-state index in [1.807, 2.05) is 68.4 Å². The molecule has 1 N–H and O–H groups in total. The number of hydrogen-bond donors (Lipinski definition) is 1. The molecule has 0 radical (unpaired) electrons. The fraction of sp³-hybridized carbons (Fsp3) is 0.176. The van der Waals surface area contributed by atoms with Gasteiger partial charge in [-0.25, -0.2) is 4.79 Å². The van der Waals surface area contributed by atoms with Crippen LogP contribution >= 0.6 is 11.7 Å². The lowest BCUT2D eigenvalue weighted by Crippen LogP contribution is -2.29. The van der Waals surface area contributed by atoms with Crippen LogP contribution in [-0.2, 0) is 21.7 Å². The van der Waals surface area contributed by atoms with Gasteiger partial charge in [0.05, 0.1) is 31.5 Å². The second-order valence-corrected chi connectivity index (χ2v) is 10.6. The lowest BCUT2D eigenvalue weighted by molar-refractivity contribution is -0.185. The van der Waals surface area contributed by atoms with Crippen LogP contribution in [0.25, 0.3) is 16.6 Å². The molecule has 0 saturated heterocycles. The average Bonchev–Trinajstić information content (AvgIpc) is 3.59. The Morgan fingerprint density at radius 3 is 2.14 bits per heavy atom. The van der Waals surface area contributed by atoms with Crippen molar-refractivity contribution in [3.63, 3.8) is 0 Å². The number of aromatic nitrogens is 2. The summed E-state index contributed by atoms with van der Waals surface area (Å²) in [6.07, 6.45) is 1.15. The summed E-state index contributed by atoms with van der Waals surface area (Å²) in [4.78, 5) is 23.4. The standard InChI is InChI=1S/C26H22N2O5S.C8H8O/c1-15-4-6-16(7-5-15)12-19-24(17-8-10-20-21(13-17)28-34-27-20)25(29)33-26(19,30)18-9-11-22(31-2)23(14-18)32-3;1-7-2-4-8(6-9)5-3-7/h4-11,13-14,30H,12H2,1-3H3;2-6H,1H3. The van der Waals surface area contributed by atoms with E-state index in [0.29, 0.717) is 45.7 Å². The van der Waals surface area contributed by atoms with E-state index in [2.05, 4.69) is 8.75 Å². The first-order valence-electron chi connectivity index (χ1n) is 13.5. The maximum Gasteiger partial charge on any atom is 0.342 e. The first-order valence-corrected chi connectivity index (χ1v) is 14.2. The van der Waals surface area contributed by atoms with Gasteiger partial charge in [-0.3, -0.25) is 4.79 Å². The molecular weight excluding hydrogens is 564 g/mol. The van der Waals surface area contributed by atoms with Crippen molar-refractivity contribution in [3.8, 4) is 11.5 Å². The molecule has 1 aliphatic rings. The first kappa shape index (κ1) is 29.6. The molecule has 1 atom stereocenters. The molecule has 43 heavy (non-hydrogen) atoms. The molecule has 5 aromatic rings. The minimum Gasteiger partial charge on any atom is -0.493 e. The van der Waals surface area contributed by atoms with Crippen LogP contribution in [0.3, 0.4) is 0 Å². The molecule has 0 saturated carbocycles. The maximum atomic E-state index is 13.2. The average molecular weight is 595 g/mol. The summed E-state index contributed by atoms with van der Waals surface area (Å²) < 4.78 is 25.0. The van der Waals surface area contributed by atoms with Gasteiger partial charge in [0.2, 0.25) is 0 Å². The third-order valence-electron chi connectivity index (χ3n) is 7.19. The number of fused-ring (bicyclic) bond motifs is 1. The fourth-order valence-corrected chi connectivity index (χ4v) is 5.33. The monoisotopic (exact) mass is 594 g/mol. The number of nitrogens with zero attached hydrogens (tertiary/aromatic N) is 2. The second kappa shape index (κ2) is 12.6. The van der Waals surface area contributed by atoms with E-state index in [4.69, 9.17) is 14.2 Å². The van der Waals surface area contributed by atoms with Crippen molar-refractivity contribution in [1.82, 2.24) is 8.75 Å². The Kier molecular flexibility index (Phi) is 8.66. The highest BCUT2D eigenvalue weighted by Gasteiger charge is 2.48. The third-order valence-corrected chi connectivity index (χ3v) is 7.74. The number of methoxy groups -OCH3 is 2. The largest absolute Gasteiger partial charge is 0.493 e. The summed E-state index contributed by atoms with van der Waals surface area (Å²) in [6.45, 7) is 4.00. The number of rotatable bonds is 7. The topological polar surface area (TPSA) is 108 Å². The predicted octanol–water partition coefficient (Wildman–Crippen LogP) is 6.22. The SMILES string of the molecule is COc1ccc(C2(O)OC(=O)C(c3ccc4nsnc4c3)=C2Cc2ccc(C)cc2)cc1OC.Cc1ccc(C=O)cc1. The number of carbonyl (C=O) groups excluding carboxylic acids is 2. The Morgan fingerprint density at radius 1 is 0.837 bits per heavy atom. The zero-order valence-electron chi connectivity index (χ0n) is 24.2. The lowest BCUT2D eigenvalue weighted by Gasteiger charge is -2.26. The summed E-state index contributed by atoms with van der Waals surface area (Å²) in [5.74, 6) is -1.67. The van der Waals surface area contributed by atoms with Gasteiger partial charge in [0, 0.05) is 23.1 Å².